The monoisotopic (exact) mass is 476 g/mol. The van der Waals surface area contributed by atoms with Crippen molar-refractivity contribution in [2.75, 3.05) is 52.4 Å². The molecule has 1 atom stereocenters. The number of aryl methyl sites for hydroxylation is 1. The molecule has 6 nitrogen and oxygen atoms in total. The van der Waals surface area contributed by atoms with E-state index in [1.54, 1.807) is 7.05 Å². The van der Waals surface area contributed by atoms with Crippen LogP contribution in [0.4, 0.5) is 5.69 Å². The van der Waals surface area contributed by atoms with Gasteiger partial charge in [0.1, 0.15) is 0 Å². The molecule has 1 aromatic carbocycles. The summed E-state index contributed by atoms with van der Waals surface area (Å²) in [6.07, 6.45) is 2.25. The maximum absolute atomic E-state index is 5.77. The van der Waals surface area contributed by atoms with Crippen LogP contribution in [0, 0.1) is 6.92 Å². The molecule has 26 heavy (non-hydrogen) atoms. The summed E-state index contributed by atoms with van der Waals surface area (Å²) in [5.74, 6) is 0.814. The van der Waals surface area contributed by atoms with Crippen molar-refractivity contribution in [3.63, 3.8) is 0 Å². The van der Waals surface area contributed by atoms with Crippen molar-refractivity contribution in [3.8, 4) is 0 Å². The van der Waals surface area contributed by atoms with Gasteiger partial charge in [0, 0.05) is 53.1 Å². The van der Waals surface area contributed by atoms with Crippen molar-refractivity contribution in [1.82, 2.24) is 10.6 Å². The van der Waals surface area contributed by atoms with Crippen molar-refractivity contribution in [1.29, 1.82) is 0 Å². The summed E-state index contributed by atoms with van der Waals surface area (Å²) >= 11 is 0. The highest BCUT2D eigenvalue weighted by Crippen LogP contribution is 2.20. The summed E-state index contributed by atoms with van der Waals surface area (Å²) in [7, 11) is 5.94. The lowest BCUT2D eigenvalue weighted by Crippen LogP contribution is -2.38. The van der Waals surface area contributed by atoms with Gasteiger partial charge in [-0.25, -0.2) is 0 Å². The van der Waals surface area contributed by atoms with E-state index >= 15 is 0 Å². The number of ether oxygens (including phenoxy) is 2. The zero-order chi connectivity index (χ0) is 18.1. The van der Waals surface area contributed by atoms with E-state index in [0.29, 0.717) is 0 Å². The number of nitrogens with zero attached hydrogens (tertiary/aromatic N) is 2. The molecule has 0 amide bonds. The minimum absolute atomic E-state index is 0. The van der Waals surface area contributed by atoms with Gasteiger partial charge in [-0.2, -0.15) is 0 Å². The maximum atomic E-state index is 5.77. The number of rotatable bonds is 8. The SMILES string of the molecule is CN=C(NCCCOC1CCOC1)NCc1ccc(C)cc1N(C)C.I. The van der Waals surface area contributed by atoms with E-state index in [-0.39, 0.29) is 30.1 Å². The van der Waals surface area contributed by atoms with Crippen LogP contribution < -0.4 is 15.5 Å². The fourth-order valence-electron chi connectivity index (χ4n) is 2.81. The van der Waals surface area contributed by atoms with Crippen LogP contribution in [0.15, 0.2) is 23.2 Å². The largest absolute Gasteiger partial charge is 0.379 e. The van der Waals surface area contributed by atoms with Gasteiger partial charge in [-0.1, -0.05) is 12.1 Å². The highest BCUT2D eigenvalue weighted by atomic mass is 127. The summed E-state index contributed by atoms with van der Waals surface area (Å²) in [4.78, 5) is 6.43. The molecule has 1 aliphatic rings. The molecule has 1 saturated heterocycles. The Morgan fingerprint density at radius 3 is 2.81 bits per heavy atom. The highest BCUT2D eigenvalue weighted by Gasteiger charge is 2.15. The summed E-state index contributed by atoms with van der Waals surface area (Å²) in [6, 6.07) is 6.52. The molecule has 1 fully saturated rings. The van der Waals surface area contributed by atoms with E-state index in [1.807, 2.05) is 0 Å². The second-order valence-corrected chi connectivity index (χ2v) is 6.59. The Morgan fingerprint density at radius 2 is 2.15 bits per heavy atom. The third-order valence-corrected chi connectivity index (χ3v) is 4.25. The number of nitrogens with one attached hydrogen (secondary N) is 2. The minimum Gasteiger partial charge on any atom is -0.379 e. The van der Waals surface area contributed by atoms with Gasteiger partial charge in [0.25, 0.3) is 0 Å². The summed E-state index contributed by atoms with van der Waals surface area (Å²) in [5.41, 5.74) is 3.75. The second kappa shape index (κ2) is 12.3. The fourth-order valence-corrected chi connectivity index (χ4v) is 2.81. The van der Waals surface area contributed by atoms with Crippen molar-refractivity contribution in [2.24, 2.45) is 4.99 Å². The van der Waals surface area contributed by atoms with Crippen LogP contribution >= 0.6 is 24.0 Å². The normalized spacial score (nSPS) is 16.9. The van der Waals surface area contributed by atoms with Crippen LogP contribution in [0.5, 0.6) is 0 Å². The Balaban J connectivity index is 0.00000338. The molecule has 0 saturated carbocycles. The molecule has 1 heterocycles. The first-order valence-electron chi connectivity index (χ1n) is 9.01. The first-order chi connectivity index (χ1) is 12.1. The van der Waals surface area contributed by atoms with Gasteiger partial charge in [0.2, 0.25) is 0 Å². The number of anilines is 1. The third-order valence-electron chi connectivity index (χ3n) is 4.25. The standard InChI is InChI=1S/C19H32N4O2.HI/c1-15-6-7-16(18(12-15)23(3)4)13-22-19(20-2)21-9-5-10-25-17-8-11-24-14-17;/h6-7,12,17H,5,8-11,13-14H2,1-4H3,(H2,20,21,22);1H. The molecule has 0 aromatic heterocycles. The Bertz CT molecular complexity index is 560. The lowest BCUT2D eigenvalue weighted by atomic mass is 10.1. The first kappa shape index (κ1) is 23.0. The lowest BCUT2D eigenvalue weighted by Gasteiger charge is -2.19. The zero-order valence-corrected chi connectivity index (χ0v) is 18.7. The second-order valence-electron chi connectivity index (χ2n) is 6.59. The van der Waals surface area contributed by atoms with Crippen molar-refractivity contribution in [3.05, 3.63) is 29.3 Å². The molecule has 0 spiro atoms. The van der Waals surface area contributed by atoms with E-state index < -0.39 is 0 Å². The molecule has 0 aliphatic carbocycles. The van der Waals surface area contributed by atoms with E-state index in [1.165, 1.54) is 16.8 Å². The third kappa shape index (κ3) is 7.67. The number of hydrogen-bond acceptors (Lipinski definition) is 4. The van der Waals surface area contributed by atoms with Crippen LogP contribution in [0.25, 0.3) is 0 Å². The number of halogens is 1. The van der Waals surface area contributed by atoms with Gasteiger partial charge in [0.15, 0.2) is 5.96 Å². The molecular formula is C19H33IN4O2. The van der Waals surface area contributed by atoms with Gasteiger partial charge in [-0.3, -0.25) is 4.99 Å². The molecule has 0 bridgehead atoms. The molecular weight excluding hydrogens is 443 g/mol. The van der Waals surface area contributed by atoms with E-state index in [0.717, 1.165) is 51.7 Å². The van der Waals surface area contributed by atoms with Gasteiger partial charge in [-0.15, -0.1) is 24.0 Å². The Morgan fingerprint density at radius 1 is 1.35 bits per heavy atom. The molecule has 2 rings (SSSR count). The number of benzene rings is 1. The van der Waals surface area contributed by atoms with Gasteiger partial charge in [0.05, 0.1) is 12.7 Å². The molecule has 2 N–H and O–H groups in total. The number of guanidine groups is 1. The van der Waals surface area contributed by atoms with Crippen molar-refractivity contribution >= 4 is 35.6 Å². The summed E-state index contributed by atoms with van der Waals surface area (Å²) in [5, 5.41) is 6.72. The van der Waals surface area contributed by atoms with Crippen LogP contribution in [0.2, 0.25) is 0 Å². The Kier molecular flexibility index (Phi) is 10.9. The number of aliphatic imine (C=N–C) groups is 1. The quantitative estimate of drug-likeness (QED) is 0.262. The summed E-state index contributed by atoms with van der Waals surface area (Å²) in [6.45, 7) is 6.01. The van der Waals surface area contributed by atoms with E-state index in [2.05, 4.69) is 59.7 Å². The Labute approximate surface area is 174 Å². The van der Waals surface area contributed by atoms with Crippen molar-refractivity contribution < 1.29 is 9.47 Å². The van der Waals surface area contributed by atoms with Crippen LogP contribution in [-0.4, -0.2) is 59.6 Å². The van der Waals surface area contributed by atoms with Crippen LogP contribution in [0.1, 0.15) is 24.0 Å². The predicted octanol–water partition coefficient (Wildman–Crippen LogP) is 2.54. The molecule has 1 aromatic rings. The summed E-state index contributed by atoms with van der Waals surface area (Å²) < 4.78 is 11.1. The van der Waals surface area contributed by atoms with E-state index in [9.17, 15) is 0 Å². The van der Waals surface area contributed by atoms with Gasteiger partial charge in [-0.05, 0) is 37.0 Å². The minimum atomic E-state index is 0. The molecule has 1 unspecified atom stereocenters. The molecule has 148 valence electrons. The highest BCUT2D eigenvalue weighted by molar-refractivity contribution is 14.0. The molecule has 0 radical (unpaired) electrons. The molecule has 1 aliphatic heterocycles. The average Bonchev–Trinajstić information content (AvgIpc) is 3.11. The van der Waals surface area contributed by atoms with E-state index in [4.69, 9.17) is 9.47 Å². The van der Waals surface area contributed by atoms with Gasteiger partial charge < -0.3 is 25.0 Å². The van der Waals surface area contributed by atoms with Crippen LogP contribution in [0.3, 0.4) is 0 Å². The Hall–Kier alpha value is -1.06. The topological polar surface area (TPSA) is 58.1 Å². The van der Waals surface area contributed by atoms with Crippen LogP contribution in [-0.2, 0) is 16.0 Å². The average molecular weight is 476 g/mol. The fraction of sp³-hybridized carbons (Fsp3) is 0.632. The maximum Gasteiger partial charge on any atom is 0.191 e. The number of hydrogen-bond donors (Lipinski definition) is 2. The van der Waals surface area contributed by atoms with Crippen molar-refractivity contribution in [2.45, 2.75) is 32.4 Å². The zero-order valence-electron chi connectivity index (χ0n) is 16.4. The van der Waals surface area contributed by atoms with Gasteiger partial charge >= 0.3 is 0 Å². The molecule has 7 heteroatoms. The smallest absolute Gasteiger partial charge is 0.191 e. The first-order valence-corrected chi connectivity index (χ1v) is 9.01. The predicted molar refractivity (Wildman–Crippen MR) is 119 cm³/mol. The lowest BCUT2D eigenvalue weighted by molar-refractivity contribution is 0.0420.